The van der Waals surface area contributed by atoms with E-state index in [1.807, 2.05) is 30.3 Å². The minimum atomic E-state index is -0.475. The molecule has 0 saturated carbocycles. The van der Waals surface area contributed by atoms with Crippen LogP contribution in [0.5, 0.6) is 5.75 Å². The first-order valence-electron chi connectivity index (χ1n) is 6.92. The second-order valence-corrected chi connectivity index (χ2v) is 5.07. The van der Waals surface area contributed by atoms with Crippen LogP contribution in [0.1, 0.15) is 26.7 Å². The third-order valence-electron chi connectivity index (χ3n) is 3.51. The Bertz CT molecular complexity index is 414. The van der Waals surface area contributed by atoms with Crippen molar-refractivity contribution in [1.82, 2.24) is 10.6 Å². The zero-order valence-corrected chi connectivity index (χ0v) is 12.8. The molecule has 3 atom stereocenters. The molecule has 0 aliphatic carbocycles. The van der Waals surface area contributed by atoms with Crippen LogP contribution in [0.4, 0.5) is 0 Å². The van der Waals surface area contributed by atoms with Gasteiger partial charge in [0, 0.05) is 12.1 Å². The van der Waals surface area contributed by atoms with Gasteiger partial charge in [0.2, 0.25) is 0 Å². The second kappa shape index (κ2) is 8.12. The van der Waals surface area contributed by atoms with Crippen LogP contribution in [-0.4, -0.2) is 30.6 Å². The van der Waals surface area contributed by atoms with Crippen molar-refractivity contribution in [3.05, 3.63) is 30.3 Å². The first-order valence-corrected chi connectivity index (χ1v) is 6.92. The predicted molar refractivity (Wildman–Crippen MR) is 82.4 cm³/mol. The number of hydrogen-bond acceptors (Lipinski definition) is 3. The highest BCUT2D eigenvalue weighted by Gasteiger charge is 2.25. The van der Waals surface area contributed by atoms with E-state index in [2.05, 4.69) is 17.6 Å². The monoisotopic (exact) mass is 298 g/mol. The molecular weight excluding hydrogens is 276 g/mol. The number of piperidine rings is 1. The molecule has 112 valence electrons. The predicted octanol–water partition coefficient (Wildman–Crippen LogP) is 2.13. The highest BCUT2D eigenvalue weighted by molar-refractivity contribution is 5.85. The minimum Gasteiger partial charge on any atom is -0.481 e. The Labute approximate surface area is 126 Å². The van der Waals surface area contributed by atoms with Gasteiger partial charge in [0.25, 0.3) is 5.91 Å². The van der Waals surface area contributed by atoms with Crippen molar-refractivity contribution in [2.24, 2.45) is 0 Å². The molecule has 1 aromatic carbocycles. The Morgan fingerprint density at radius 3 is 2.75 bits per heavy atom. The van der Waals surface area contributed by atoms with Gasteiger partial charge in [0.15, 0.2) is 6.10 Å². The van der Waals surface area contributed by atoms with E-state index >= 15 is 0 Å². The van der Waals surface area contributed by atoms with E-state index in [0.717, 1.165) is 25.1 Å². The lowest BCUT2D eigenvalue weighted by atomic mass is 10.00. The fourth-order valence-corrected chi connectivity index (χ4v) is 2.30. The lowest BCUT2D eigenvalue weighted by Gasteiger charge is -2.31. The summed E-state index contributed by atoms with van der Waals surface area (Å²) in [4.78, 5) is 12.1. The van der Waals surface area contributed by atoms with Gasteiger partial charge in [-0.05, 0) is 45.4 Å². The summed E-state index contributed by atoms with van der Waals surface area (Å²) in [6.45, 7) is 4.92. The smallest absolute Gasteiger partial charge is 0.261 e. The van der Waals surface area contributed by atoms with Gasteiger partial charge >= 0.3 is 0 Å². The number of benzene rings is 1. The molecule has 20 heavy (non-hydrogen) atoms. The van der Waals surface area contributed by atoms with Crippen molar-refractivity contribution in [1.29, 1.82) is 0 Å². The molecule has 0 bridgehead atoms. The van der Waals surface area contributed by atoms with E-state index in [1.165, 1.54) is 0 Å². The number of hydrogen-bond donors (Lipinski definition) is 2. The van der Waals surface area contributed by atoms with Crippen LogP contribution in [0.3, 0.4) is 0 Å². The molecule has 2 N–H and O–H groups in total. The van der Waals surface area contributed by atoms with Gasteiger partial charge in [-0.3, -0.25) is 4.79 Å². The van der Waals surface area contributed by atoms with Crippen molar-refractivity contribution in [2.45, 2.75) is 44.9 Å². The van der Waals surface area contributed by atoms with Crippen molar-refractivity contribution in [3.63, 3.8) is 0 Å². The quantitative estimate of drug-likeness (QED) is 0.895. The largest absolute Gasteiger partial charge is 0.481 e. The van der Waals surface area contributed by atoms with Crippen LogP contribution >= 0.6 is 12.4 Å². The number of para-hydroxylation sites is 1. The molecule has 1 aliphatic rings. The summed E-state index contributed by atoms with van der Waals surface area (Å²) < 4.78 is 5.62. The minimum absolute atomic E-state index is 0. The Kier molecular flexibility index (Phi) is 6.82. The van der Waals surface area contributed by atoms with E-state index in [9.17, 15) is 4.79 Å². The fraction of sp³-hybridized carbons (Fsp3) is 0.533. The lowest BCUT2D eigenvalue weighted by Crippen LogP contribution is -2.54. The molecule has 1 heterocycles. The molecule has 4 nitrogen and oxygen atoms in total. The summed E-state index contributed by atoms with van der Waals surface area (Å²) in [7, 11) is 0. The number of halogens is 1. The maximum atomic E-state index is 12.1. The van der Waals surface area contributed by atoms with E-state index < -0.39 is 6.10 Å². The van der Waals surface area contributed by atoms with Crippen molar-refractivity contribution >= 4 is 18.3 Å². The summed E-state index contributed by atoms with van der Waals surface area (Å²) in [5.74, 6) is 0.671. The molecule has 0 spiro atoms. The van der Waals surface area contributed by atoms with Crippen LogP contribution in [0, 0.1) is 0 Å². The van der Waals surface area contributed by atoms with E-state index in [1.54, 1.807) is 6.92 Å². The second-order valence-electron chi connectivity index (χ2n) is 5.07. The van der Waals surface area contributed by atoms with Gasteiger partial charge in [-0.2, -0.15) is 0 Å². The number of carbonyl (C=O) groups is 1. The summed E-state index contributed by atoms with van der Waals surface area (Å²) >= 11 is 0. The third kappa shape index (κ3) is 4.69. The summed E-state index contributed by atoms with van der Waals surface area (Å²) in [6, 6.07) is 9.95. The average Bonchev–Trinajstić information content (AvgIpc) is 2.42. The highest BCUT2D eigenvalue weighted by Crippen LogP contribution is 2.12. The fourth-order valence-electron chi connectivity index (χ4n) is 2.30. The zero-order valence-electron chi connectivity index (χ0n) is 12.0. The van der Waals surface area contributed by atoms with Gasteiger partial charge in [-0.1, -0.05) is 18.2 Å². The number of rotatable bonds is 4. The summed E-state index contributed by atoms with van der Waals surface area (Å²) in [5.41, 5.74) is 0. The normalized spacial score (nSPS) is 23.3. The Balaban J connectivity index is 0.00000200. The molecule has 1 fully saturated rings. The molecule has 3 unspecified atom stereocenters. The van der Waals surface area contributed by atoms with Crippen molar-refractivity contribution in [3.8, 4) is 5.75 Å². The first-order chi connectivity index (χ1) is 9.16. The highest BCUT2D eigenvalue weighted by atomic mass is 35.5. The molecule has 2 rings (SSSR count). The van der Waals surface area contributed by atoms with E-state index in [4.69, 9.17) is 4.74 Å². The standard InChI is InChI=1S/C15H22N2O2.ClH/c1-11-14(9-6-10-16-11)17-15(18)12(2)19-13-7-4-3-5-8-13;/h3-5,7-8,11-12,14,16H,6,9-10H2,1-2H3,(H,17,18);1H. The van der Waals surface area contributed by atoms with Gasteiger partial charge in [-0.15, -0.1) is 12.4 Å². The topological polar surface area (TPSA) is 50.4 Å². The zero-order chi connectivity index (χ0) is 13.7. The van der Waals surface area contributed by atoms with Gasteiger partial charge in [0.1, 0.15) is 5.75 Å². The maximum absolute atomic E-state index is 12.1. The summed E-state index contributed by atoms with van der Waals surface area (Å²) in [6.07, 6.45) is 1.65. The van der Waals surface area contributed by atoms with Gasteiger partial charge < -0.3 is 15.4 Å². The van der Waals surface area contributed by atoms with Crippen LogP contribution in [-0.2, 0) is 4.79 Å². The number of nitrogens with one attached hydrogen (secondary N) is 2. The Morgan fingerprint density at radius 2 is 2.10 bits per heavy atom. The van der Waals surface area contributed by atoms with E-state index in [0.29, 0.717) is 6.04 Å². The van der Waals surface area contributed by atoms with Crippen LogP contribution < -0.4 is 15.4 Å². The van der Waals surface area contributed by atoms with Crippen molar-refractivity contribution in [2.75, 3.05) is 6.54 Å². The van der Waals surface area contributed by atoms with Crippen molar-refractivity contribution < 1.29 is 9.53 Å². The van der Waals surface area contributed by atoms with Gasteiger partial charge in [-0.25, -0.2) is 0 Å². The number of ether oxygens (including phenoxy) is 1. The molecule has 0 aromatic heterocycles. The van der Waals surface area contributed by atoms with Crippen LogP contribution in [0.15, 0.2) is 30.3 Å². The molecule has 1 amide bonds. The first kappa shape index (κ1) is 16.8. The maximum Gasteiger partial charge on any atom is 0.261 e. The third-order valence-corrected chi connectivity index (χ3v) is 3.51. The summed E-state index contributed by atoms with van der Waals surface area (Å²) in [5, 5.41) is 6.43. The van der Waals surface area contributed by atoms with Crippen LogP contribution in [0.2, 0.25) is 0 Å². The number of carbonyl (C=O) groups excluding carboxylic acids is 1. The Morgan fingerprint density at radius 1 is 1.40 bits per heavy atom. The molecule has 5 heteroatoms. The van der Waals surface area contributed by atoms with Gasteiger partial charge in [0.05, 0.1) is 0 Å². The molecule has 1 saturated heterocycles. The SMILES string of the molecule is CC(Oc1ccccc1)C(=O)NC1CCCNC1C.Cl. The number of amides is 1. The molecule has 1 aromatic rings. The van der Waals surface area contributed by atoms with E-state index in [-0.39, 0.29) is 24.4 Å². The average molecular weight is 299 g/mol. The Hall–Kier alpha value is -1.26. The molecular formula is C15H23ClN2O2. The van der Waals surface area contributed by atoms with Crippen LogP contribution in [0.25, 0.3) is 0 Å². The lowest BCUT2D eigenvalue weighted by molar-refractivity contribution is -0.128. The molecule has 1 aliphatic heterocycles. The molecule has 0 radical (unpaired) electrons.